The standard InChI is InChI=1S/C23H28N4/c1-16-20(19-9-5-6-10-21(19)25-16)14-27-12-11-18-13-24-23(26-22(18)15-27)17-7-3-2-4-8-17/h5-6,9-10,13,17,25H,2-4,7-8,11-12,14-15H2,1H3. The minimum atomic E-state index is 0.579. The average molecular weight is 361 g/mol. The summed E-state index contributed by atoms with van der Waals surface area (Å²) in [6.07, 6.45) is 9.73. The van der Waals surface area contributed by atoms with E-state index in [0.29, 0.717) is 5.92 Å². The zero-order chi connectivity index (χ0) is 18.2. The Bertz CT molecular complexity index is 952. The number of aromatic amines is 1. The Kier molecular flexibility index (Phi) is 4.44. The number of nitrogens with zero attached hydrogens (tertiary/aromatic N) is 3. The molecule has 0 radical (unpaired) electrons. The molecule has 0 amide bonds. The van der Waals surface area contributed by atoms with E-state index < -0.39 is 0 Å². The molecule has 3 heterocycles. The summed E-state index contributed by atoms with van der Waals surface area (Å²) in [6, 6.07) is 8.63. The smallest absolute Gasteiger partial charge is 0.131 e. The summed E-state index contributed by atoms with van der Waals surface area (Å²) in [6.45, 7) is 5.20. The lowest BCUT2D eigenvalue weighted by atomic mass is 9.88. The van der Waals surface area contributed by atoms with Gasteiger partial charge in [-0.2, -0.15) is 0 Å². The van der Waals surface area contributed by atoms with Gasteiger partial charge in [0, 0.05) is 48.3 Å². The van der Waals surface area contributed by atoms with Crippen molar-refractivity contribution in [3.63, 3.8) is 0 Å². The molecule has 4 heteroatoms. The molecular weight excluding hydrogens is 332 g/mol. The highest BCUT2D eigenvalue weighted by Gasteiger charge is 2.23. The van der Waals surface area contributed by atoms with Gasteiger partial charge in [0.25, 0.3) is 0 Å². The number of benzene rings is 1. The molecule has 5 rings (SSSR count). The molecule has 1 saturated carbocycles. The predicted octanol–water partition coefficient (Wildman–Crippen LogP) is 4.87. The first kappa shape index (κ1) is 16.9. The van der Waals surface area contributed by atoms with Gasteiger partial charge in [-0.05, 0) is 43.4 Å². The number of H-pyrrole nitrogens is 1. The van der Waals surface area contributed by atoms with Gasteiger partial charge in [0.2, 0.25) is 0 Å². The number of aromatic nitrogens is 3. The molecule has 2 aliphatic rings. The maximum atomic E-state index is 5.04. The lowest BCUT2D eigenvalue weighted by molar-refractivity contribution is 0.240. The lowest BCUT2D eigenvalue weighted by Crippen LogP contribution is -2.31. The SMILES string of the molecule is Cc1[nH]c2ccccc2c1CN1CCc2cnc(C3CCCCC3)nc2C1. The number of rotatable bonds is 3. The second-order valence-corrected chi connectivity index (χ2v) is 8.27. The van der Waals surface area contributed by atoms with Crippen molar-refractivity contribution in [2.24, 2.45) is 0 Å². The number of fused-ring (bicyclic) bond motifs is 2. The van der Waals surface area contributed by atoms with E-state index in [2.05, 4.69) is 47.3 Å². The van der Waals surface area contributed by atoms with Gasteiger partial charge in [0.15, 0.2) is 0 Å². The number of para-hydroxylation sites is 1. The molecule has 0 spiro atoms. The third kappa shape index (κ3) is 3.27. The monoisotopic (exact) mass is 360 g/mol. The van der Waals surface area contributed by atoms with Crippen LogP contribution in [0.25, 0.3) is 10.9 Å². The van der Waals surface area contributed by atoms with E-state index in [0.717, 1.165) is 31.9 Å². The molecule has 0 atom stereocenters. The van der Waals surface area contributed by atoms with Crippen LogP contribution in [0, 0.1) is 6.92 Å². The van der Waals surface area contributed by atoms with Crippen LogP contribution >= 0.6 is 0 Å². The van der Waals surface area contributed by atoms with Crippen molar-refractivity contribution < 1.29 is 0 Å². The zero-order valence-electron chi connectivity index (χ0n) is 16.2. The first-order valence-corrected chi connectivity index (χ1v) is 10.4. The molecule has 0 saturated heterocycles. The normalized spacial score (nSPS) is 18.7. The molecule has 1 aromatic carbocycles. The van der Waals surface area contributed by atoms with Crippen LogP contribution < -0.4 is 0 Å². The zero-order valence-corrected chi connectivity index (χ0v) is 16.2. The third-order valence-corrected chi connectivity index (χ3v) is 6.42. The lowest BCUT2D eigenvalue weighted by Gasteiger charge is -2.29. The first-order chi connectivity index (χ1) is 13.3. The fraction of sp³-hybridized carbons (Fsp3) is 0.478. The molecule has 1 fully saturated rings. The van der Waals surface area contributed by atoms with Crippen molar-refractivity contribution in [1.29, 1.82) is 0 Å². The number of nitrogens with one attached hydrogen (secondary N) is 1. The highest BCUT2D eigenvalue weighted by atomic mass is 15.1. The van der Waals surface area contributed by atoms with Gasteiger partial charge >= 0.3 is 0 Å². The Labute approximate surface area is 161 Å². The molecule has 0 bridgehead atoms. The van der Waals surface area contributed by atoms with Crippen molar-refractivity contribution in [1.82, 2.24) is 19.9 Å². The first-order valence-electron chi connectivity index (χ1n) is 10.4. The van der Waals surface area contributed by atoms with Gasteiger partial charge in [-0.15, -0.1) is 0 Å². The van der Waals surface area contributed by atoms with Crippen LogP contribution in [0.1, 0.15) is 66.4 Å². The molecule has 1 aliphatic carbocycles. The molecule has 27 heavy (non-hydrogen) atoms. The van der Waals surface area contributed by atoms with Gasteiger partial charge in [0.1, 0.15) is 5.82 Å². The van der Waals surface area contributed by atoms with E-state index in [-0.39, 0.29) is 0 Å². The fourth-order valence-electron chi connectivity index (χ4n) is 4.83. The molecule has 3 aromatic rings. The van der Waals surface area contributed by atoms with Crippen LogP contribution in [0.15, 0.2) is 30.5 Å². The Morgan fingerprint density at radius 3 is 2.89 bits per heavy atom. The number of hydrogen-bond acceptors (Lipinski definition) is 3. The van der Waals surface area contributed by atoms with Crippen LogP contribution in [-0.2, 0) is 19.5 Å². The van der Waals surface area contributed by atoms with Crippen LogP contribution in [0.5, 0.6) is 0 Å². The number of hydrogen-bond donors (Lipinski definition) is 1. The molecular formula is C23H28N4. The molecule has 0 unspecified atom stereocenters. The van der Waals surface area contributed by atoms with Gasteiger partial charge in [0.05, 0.1) is 5.69 Å². The van der Waals surface area contributed by atoms with Gasteiger partial charge in [-0.1, -0.05) is 37.5 Å². The van der Waals surface area contributed by atoms with E-state index >= 15 is 0 Å². The molecule has 1 N–H and O–H groups in total. The largest absolute Gasteiger partial charge is 0.358 e. The van der Waals surface area contributed by atoms with Crippen LogP contribution in [0.2, 0.25) is 0 Å². The predicted molar refractivity (Wildman–Crippen MR) is 109 cm³/mol. The van der Waals surface area contributed by atoms with Crippen LogP contribution in [0.3, 0.4) is 0 Å². The second kappa shape index (κ2) is 7.08. The van der Waals surface area contributed by atoms with Gasteiger partial charge in [-0.3, -0.25) is 4.90 Å². The maximum Gasteiger partial charge on any atom is 0.131 e. The van der Waals surface area contributed by atoms with Gasteiger partial charge in [-0.25, -0.2) is 9.97 Å². The highest BCUT2D eigenvalue weighted by molar-refractivity contribution is 5.84. The van der Waals surface area contributed by atoms with E-state index in [4.69, 9.17) is 9.97 Å². The maximum absolute atomic E-state index is 5.04. The van der Waals surface area contributed by atoms with Crippen molar-refractivity contribution in [2.45, 2.75) is 64.5 Å². The van der Waals surface area contributed by atoms with Crippen LogP contribution in [0.4, 0.5) is 0 Å². The summed E-state index contributed by atoms with van der Waals surface area (Å²) < 4.78 is 0. The Balaban J connectivity index is 1.37. The average Bonchev–Trinajstić information content (AvgIpc) is 3.03. The minimum absolute atomic E-state index is 0.579. The second-order valence-electron chi connectivity index (χ2n) is 8.27. The summed E-state index contributed by atoms with van der Waals surface area (Å²) in [5.41, 5.74) is 6.56. The van der Waals surface area contributed by atoms with Crippen molar-refractivity contribution in [3.8, 4) is 0 Å². The molecule has 2 aromatic heterocycles. The Hall–Kier alpha value is -2.20. The quantitative estimate of drug-likeness (QED) is 0.724. The topological polar surface area (TPSA) is 44.8 Å². The van der Waals surface area contributed by atoms with Crippen LogP contribution in [-0.4, -0.2) is 26.4 Å². The summed E-state index contributed by atoms with van der Waals surface area (Å²) in [7, 11) is 0. The summed E-state index contributed by atoms with van der Waals surface area (Å²) in [5.74, 6) is 1.67. The summed E-state index contributed by atoms with van der Waals surface area (Å²) in [5, 5.41) is 1.35. The van der Waals surface area contributed by atoms with Crippen molar-refractivity contribution in [3.05, 3.63) is 58.8 Å². The summed E-state index contributed by atoms with van der Waals surface area (Å²) >= 11 is 0. The minimum Gasteiger partial charge on any atom is -0.358 e. The van der Waals surface area contributed by atoms with E-state index in [1.165, 1.54) is 65.5 Å². The number of aryl methyl sites for hydroxylation is 1. The van der Waals surface area contributed by atoms with Gasteiger partial charge < -0.3 is 4.98 Å². The van der Waals surface area contributed by atoms with E-state index in [1.807, 2.05) is 0 Å². The molecule has 1 aliphatic heterocycles. The Morgan fingerprint density at radius 1 is 1.15 bits per heavy atom. The third-order valence-electron chi connectivity index (χ3n) is 6.42. The molecule has 140 valence electrons. The molecule has 4 nitrogen and oxygen atoms in total. The van der Waals surface area contributed by atoms with Crippen molar-refractivity contribution in [2.75, 3.05) is 6.54 Å². The summed E-state index contributed by atoms with van der Waals surface area (Å²) in [4.78, 5) is 15.9. The van der Waals surface area contributed by atoms with E-state index in [1.54, 1.807) is 0 Å². The highest BCUT2D eigenvalue weighted by Crippen LogP contribution is 2.32. The Morgan fingerprint density at radius 2 is 2.00 bits per heavy atom. The van der Waals surface area contributed by atoms with E-state index in [9.17, 15) is 0 Å². The van der Waals surface area contributed by atoms with Crippen molar-refractivity contribution >= 4 is 10.9 Å². The fourth-order valence-corrected chi connectivity index (χ4v) is 4.83.